The Morgan fingerprint density at radius 1 is 1.48 bits per heavy atom. The number of likely N-dealkylation sites (N-methyl/N-ethyl adjacent to an activating group) is 1. The average molecular weight is 399 g/mol. The maximum Gasteiger partial charge on any atom is 0.268 e. The summed E-state index contributed by atoms with van der Waals surface area (Å²) in [5, 5.41) is 5.73. The summed E-state index contributed by atoms with van der Waals surface area (Å²) in [5.74, 6) is -0.659. The number of hydrogen-bond acceptors (Lipinski definition) is 7. The van der Waals surface area contributed by atoms with Crippen LogP contribution in [0.4, 0.5) is 4.39 Å². The van der Waals surface area contributed by atoms with Gasteiger partial charge in [0, 0.05) is 44.1 Å². The standard InChI is InChI=1S/C20H26FN7O/c1-3-24-25-12-15-11-22-14-27-8-5-6-19(27)17-10-16(21)13-23-18(17)7-9-28(4-2)26-20(15)29/h3,10-14,19,24H,1,4-9H2,2H3,(H,26,29)/b15-11-,22-14+,25-12-/t19-/m1/s1. The van der Waals surface area contributed by atoms with Gasteiger partial charge in [0.15, 0.2) is 0 Å². The molecule has 3 heterocycles. The lowest BCUT2D eigenvalue weighted by atomic mass is 10.0. The van der Waals surface area contributed by atoms with E-state index in [9.17, 15) is 9.18 Å². The number of nitrogens with zero attached hydrogens (tertiary/aromatic N) is 5. The first-order chi connectivity index (χ1) is 14.1. The summed E-state index contributed by atoms with van der Waals surface area (Å²) in [4.78, 5) is 23.4. The van der Waals surface area contributed by atoms with Gasteiger partial charge < -0.3 is 4.90 Å². The minimum atomic E-state index is -0.342. The molecule has 0 aliphatic carbocycles. The van der Waals surface area contributed by atoms with Gasteiger partial charge in [0.05, 0.1) is 30.4 Å². The van der Waals surface area contributed by atoms with E-state index in [4.69, 9.17) is 0 Å². The fourth-order valence-electron chi connectivity index (χ4n) is 3.49. The van der Waals surface area contributed by atoms with Crippen molar-refractivity contribution >= 4 is 18.5 Å². The first-order valence-corrected chi connectivity index (χ1v) is 9.71. The van der Waals surface area contributed by atoms with Gasteiger partial charge in [0.2, 0.25) is 0 Å². The highest BCUT2D eigenvalue weighted by Crippen LogP contribution is 2.33. The lowest BCUT2D eigenvalue weighted by Crippen LogP contribution is -2.44. The Morgan fingerprint density at radius 2 is 2.34 bits per heavy atom. The summed E-state index contributed by atoms with van der Waals surface area (Å²) in [6.07, 6.45) is 9.70. The smallest absolute Gasteiger partial charge is 0.268 e. The summed E-state index contributed by atoms with van der Waals surface area (Å²) in [7, 11) is 0. The molecule has 0 aromatic carbocycles. The van der Waals surface area contributed by atoms with Gasteiger partial charge in [0.25, 0.3) is 5.91 Å². The van der Waals surface area contributed by atoms with E-state index in [0.29, 0.717) is 25.1 Å². The van der Waals surface area contributed by atoms with Crippen LogP contribution < -0.4 is 10.9 Å². The number of fused-ring (bicyclic) bond motifs is 3. The van der Waals surface area contributed by atoms with Crippen molar-refractivity contribution in [3.8, 4) is 0 Å². The number of aromatic nitrogens is 1. The molecule has 0 saturated carbocycles. The van der Waals surface area contributed by atoms with Crippen molar-refractivity contribution in [2.45, 2.75) is 32.2 Å². The number of carbonyl (C=O) groups is 1. The molecule has 2 N–H and O–H groups in total. The summed E-state index contributed by atoms with van der Waals surface area (Å²) in [6.45, 7) is 7.44. The molecule has 0 spiro atoms. The Labute approximate surface area is 169 Å². The Bertz CT molecular complexity index is 836. The largest absolute Gasteiger partial charge is 0.355 e. The molecule has 0 bridgehead atoms. The van der Waals surface area contributed by atoms with Gasteiger partial charge in [-0.15, -0.1) is 0 Å². The van der Waals surface area contributed by atoms with Crippen LogP contribution in [0.3, 0.4) is 0 Å². The SMILES string of the molecule is C=CN\N=C/C1=C/N=C/N2CCC[C@@H]2c2cc(F)cnc2CCN(CC)NC1=O. The fourth-order valence-corrected chi connectivity index (χ4v) is 3.49. The van der Waals surface area contributed by atoms with Crippen LogP contribution in [-0.2, 0) is 11.2 Å². The van der Waals surface area contributed by atoms with E-state index in [-0.39, 0.29) is 17.8 Å². The summed E-state index contributed by atoms with van der Waals surface area (Å²) in [6, 6.07) is 1.59. The molecule has 29 heavy (non-hydrogen) atoms. The zero-order chi connectivity index (χ0) is 20.6. The first kappa shape index (κ1) is 20.7. The number of pyridine rings is 1. The van der Waals surface area contributed by atoms with Crippen molar-refractivity contribution in [1.82, 2.24) is 25.7 Å². The summed E-state index contributed by atoms with van der Waals surface area (Å²) in [5.41, 5.74) is 7.47. The van der Waals surface area contributed by atoms with Crippen LogP contribution in [0, 0.1) is 5.82 Å². The van der Waals surface area contributed by atoms with Crippen molar-refractivity contribution in [1.29, 1.82) is 0 Å². The lowest BCUT2D eigenvalue weighted by molar-refractivity contribution is -0.121. The normalized spacial score (nSPS) is 23.7. The number of amides is 1. The molecule has 8 nitrogen and oxygen atoms in total. The minimum Gasteiger partial charge on any atom is -0.355 e. The van der Waals surface area contributed by atoms with Crippen molar-refractivity contribution in [2.24, 2.45) is 10.1 Å². The van der Waals surface area contributed by atoms with E-state index in [0.717, 1.165) is 30.6 Å². The van der Waals surface area contributed by atoms with Gasteiger partial charge in [-0.2, -0.15) is 5.10 Å². The second-order valence-corrected chi connectivity index (χ2v) is 6.80. The average Bonchev–Trinajstić information content (AvgIpc) is 3.18. The Morgan fingerprint density at radius 3 is 3.14 bits per heavy atom. The second kappa shape index (κ2) is 9.92. The van der Waals surface area contributed by atoms with Crippen LogP contribution >= 0.6 is 0 Å². The van der Waals surface area contributed by atoms with E-state index in [1.165, 1.54) is 24.8 Å². The van der Waals surface area contributed by atoms with Crippen LogP contribution in [0.1, 0.15) is 37.1 Å². The zero-order valence-electron chi connectivity index (χ0n) is 16.5. The maximum absolute atomic E-state index is 14.0. The highest BCUT2D eigenvalue weighted by Gasteiger charge is 2.27. The van der Waals surface area contributed by atoms with E-state index in [2.05, 4.69) is 37.4 Å². The van der Waals surface area contributed by atoms with Crippen molar-refractivity contribution in [2.75, 3.05) is 19.6 Å². The molecule has 0 radical (unpaired) electrons. The van der Waals surface area contributed by atoms with Gasteiger partial charge >= 0.3 is 0 Å². The van der Waals surface area contributed by atoms with Crippen molar-refractivity contribution in [3.63, 3.8) is 0 Å². The first-order valence-electron chi connectivity index (χ1n) is 9.71. The predicted molar refractivity (Wildman–Crippen MR) is 110 cm³/mol. The Balaban J connectivity index is 1.97. The minimum absolute atomic E-state index is 0.0180. The monoisotopic (exact) mass is 399 g/mol. The molecule has 1 amide bonds. The maximum atomic E-state index is 14.0. The molecule has 3 rings (SSSR count). The summed E-state index contributed by atoms with van der Waals surface area (Å²) >= 11 is 0. The van der Waals surface area contributed by atoms with Gasteiger partial charge in [-0.1, -0.05) is 13.5 Å². The van der Waals surface area contributed by atoms with Gasteiger partial charge in [-0.25, -0.2) is 14.4 Å². The molecule has 154 valence electrons. The van der Waals surface area contributed by atoms with Crippen LogP contribution in [0.2, 0.25) is 0 Å². The molecule has 1 aromatic heterocycles. The number of halogens is 1. The molecule has 1 aromatic rings. The highest BCUT2D eigenvalue weighted by molar-refractivity contribution is 6.11. The third-order valence-corrected chi connectivity index (χ3v) is 4.94. The van der Waals surface area contributed by atoms with Crippen LogP contribution in [-0.4, -0.2) is 53.0 Å². The number of hydrazone groups is 1. The predicted octanol–water partition coefficient (Wildman–Crippen LogP) is 1.90. The molecular formula is C20H26FN7O. The number of carbonyl (C=O) groups excluding carboxylic acids is 1. The van der Waals surface area contributed by atoms with Gasteiger partial charge in [0.1, 0.15) is 5.82 Å². The molecule has 1 atom stereocenters. The number of hydrogen-bond donors (Lipinski definition) is 2. The molecule has 1 fully saturated rings. The number of nitrogens with one attached hydrogen (secondary N) is 2. The lowest BCUT2D eigenvalue weighted by Gasteiger charge is -2.25. The van der Waals surface area contributed by atoms with Crippen LogP contribution in [0.15, 0.2) is 46.9 Å². The van der Waals surface area contributed by atoms with E-state index in [1.54, 1.807) is 17.4 Å². The van der Waals surface area contributed by atoms with Crippen molar-refractivity contribution < 1.29 is 9.18 Å². The van der Waals surface area contributed by atoms with Crippen LogP contribution in [0.25, 0.3) is 0 Å². The third-order valence-electron chi connectivity index (χ3n) is 4.94. The molecule has 0 unspecified atom stereocenters. The fraction of sp³-hybridized carbons (Fsp3) is 0.400. The zero-order valence-corrected chi connectivity index (χ0v) is 16.5. The van der Waals surface area contributed by atoms with Crippen molar-refractivity contribution in [3.05, 3.63) is 53.9 Å². The quantitative estimate of drug-likeness (QED) is 0.597. The molecule has 9 heteroatoms. The third kappa shape index (κ3) is 5.26. The van der Waals surface area contributed by atoms with Gasteiger partial charge in [-0.05, 0) is 24.5 Å². The van der Waals surface area contributed by atoms with Crippen LogP contribution in [0.5, 0.6) is 0 Å². The van der Waals surface area contributed by atoms with E-state index < -0.39 is 0 Å². The van der Waals surface area contributed by atoms with E-state index >= 15 is 0 Å². The Kier molecular flexibility index (Phi) is 7.07. The summed E-state index contributed by atoms with van der Waals surface area (Å²) < 4.78 is 14.0. The molecule has 2 aliphatic heterocycles. The number of aliphatic imine (C=N–C) groups is 1. The number of rotatable bonds is 4. The highest BCUT2D eigenvalue weighted by atomic mass is 19.1. The molecular weight excluding hydrogens is 373 g/mol. The molecule has 2 aliphatic rings. The van der Waals surface area contributed by atoms with E-state index in [1.807, 2.05) is 6.92 Å². The second-order valence-electron chi connectivity index (χ2n) is 6.80. The van der Waals surface area contributed by atoms with Gasteiger partial charge in [-0.3, -0.25) is 20.6 Å². The number of hydrazine groups is 1. The molecule has 1 saturated heterocycles. The Hall–Kier alpha value is -3.07. The topological polar surface area (TPSA) is 85.2 Å².